The molecule has 0 aliphatic heterocycles. The molecule has 3 heteroatoms. The van der Waals surface area contributed by atoms with Crippen molar-refractivity contribution in [3.8, 4) is 6.07 Å². The summed E-state index contributed by atoms with van der Waals surface area (Å²) in [6.07, 6.45) is 3.29. The number of nitrogens with zero attached hydrogens (tertiary/aromatic N) is 1. The fourth-order valence-electron chi connectivity index (χ4n) is 2.61. The topological polar surface area (TPSA) is 35.8 Å². The molecule has 0 saturated heterocycles. The van der Waals surface area contributed by atoms with Crippen LogP contribution in [0.1, 0.15) is 30.4 Å². The van der Waals surface area contributed by atoms with Gasteiger partial charge in [-0.25, -0.2) is 0 Å². The summed E-state index contributed by atoms with van der Waals surface area (Å²) >= 11 is 3.51. The molecule has 90 valence electrons. The largest absolute Gasteiger partial charge is 0.381 e. The Balaban J connectivity index is 2.22. The van der Waals surface area contributed by atoms with Crippen LogP contribution in [0.15, 0.2) is 16.6 Å². The molecule has 0 aromatic heterocycles. The number of hydrogen-bond acceptors (Lipinski definition) is 2. The number of benzene rings is 1. The third-order valence-electron chi connectivity index (χ3n) is 3.51. The van der Waals surface area contributed by atoms with E-state index in [0.717, 1.165) is 23.7 Å². The normalized spacial score (nSPS) is 23.4. The average molecular weight is 293 g/mol. The van der Waals surface area contributed by atoms with E-state index in [0.29, 0.717) is 6.04 Å². The fraction of sp³-hybridized carbons (Fsp3) is 0.500. The molecule has 1 aliphatic carbocycles. The zero-order valence-corrected chi connectivity index (χ0v) is 11.8. The van der Waals surface area contributed by atoms with Crippen LogP contribution in [0.5, 0.6) is 0 Å². The highest BCUT2D eigenvalue weighted by Gasteiger charge is 2.27. The van der Waals surface area contributed by atoms with E-state index in [-0.39, 0.29) is 5.92 Å². The Labute approximate surface area is 111 Å². The molecule has 1 N–H and O–H groups in total. The van der Waals surface area contributed by atoms with Crippen molar-refractivity contribution in [2.75, 3.05) is 5.32 Å². The maximum absolute atomic E-state index is 9.10. The molecule has 1 aliphatic rings. The summed E-state index contributed by atoms with van der Waals surface area (Å²) < 4.78 is 1.11. The molecule has 1 saturated carbocycles. The van der Waals surface area contributed by atoms with Crippen molar-refractivity contribution in [3.63, 3.8) is 0 Å². The highest BCUT2D eigenvalue weighted by molar-refractivity contribution is 9.10. The summed E-state index contributed by atoms with van der Waals surface area (Å²) in [6.45, 7) is 4.22. The first kappa shape index (κ1) is 12.4. The maximum Gasteiger partial charge on any atom is 0.0677 e. The van der Waals surface area contributed by atoms with Gasteiger partial charge in [0, 0.05) is 16.2 Å². The third-order valence-corrected chi connectivity index (χ3v) is 3.97. The van der Waals surface area contributed by atoms with E-state index in [4.69, 9.17) is 5.26 Å². The van der Waals surface area contributed by atoms with Gasteiger partial charge in [0.05, 0.1) is 12.0 Å². The molecule has 1 aromatic carbocycles. The van der Waals surface area contributed by atoms with E-state index < -0.39 is 0 Å². The molecular formula is C14H17BrN2. The Morgan fingerprint density at radius 2 is 1.94 bits per heavy atom. The SMILES string of the molecule is Cc1cc(Br)cc(C)c1NC1CCCC1C#N. The van der Waals surface area contributed by atoms with Crippen molar-refractivity contribution >= 4 is 21.6 Å². The minimum Gasteiger partial charge on any atom is -0.381 e. The van der Waals surface area contributed by atoms with Crippen molar-refractivity contribution in [1.29, 1.82) is 5.26 Å². The van der Waals surface area contributed by atoms with Gasteiger partial charge < -0.3 is 5.32 Å². The minimum absolute atomic E-state index is 0.164. The quantitative estimate of drug-likeness (QED) is 0.888. The van der Waals surface area contributed by atoms with Crippen LogP contribution in [0.3, 0.4) is 0 Å². The third kappa shape index (κ3) is 2.63. The molecule has 0 spiro atoms. The highest BCUT2D eigenvalue weighted by Crippen LogP contribution is 2.31. The molecule has 2 rings (SSSR count). The predicted molar refractivity (Wildman–Crippen MR) is 74.0 cm³/mol. The van der Waals surface area contributed by atoms with Gasteiger partial charge >= 0.3 is 0 Å². The molecule has 2 unspecified atom stereocenters. The number of nitriles is 1. The Hall–Kier alpha value is -1.01. The van der Waals surface area contributed by atoms with Gasteiger partial charge in [-0.15, -0.1) is 0 Å². The van der Waals surface area contributed by atoms with Crippen molar-refractivity contribution in [2.45, 2.75) is 39.2 Å². The fourth-order valence-corrected chi connectivity index (χ4v) is 3.30. The van der Waals surface area contributed by atoms with E-state index in [1.807, 2.05) is 0 Å². The molecule has 2 nitrogen and oxygen atoms in total. The summed E-state index contributed by atoms with van der Waals surface area (Å²) in [4.78, 5) is 0. The van der Waals surface area contributed by atoms with Crippen molar-refractivity contribution < 1.29 is 0 Å². The van der Waals surface area contributed by atoms with E-state index in [9.17, 15) is 0 Å². The van der Waals surface area contributed by atoms with Gasteiger partial charge in [0.1, 0.15) is 0 Å². The summed E-state index contributed by atoms with van der Waals surface area (Å²) in [5.41, 5.74) is 3.67. The lowest BCUT2D eigenvalue weighted by Gasteiger charge is -2.20. The van der Waals surface area contributed by atoms with Crippen molar-refractivity contribution in [1.82, 2.24) is 0 Å². The van der Waals surface area contributed by atoms with Crippen LogP contribution in [0.2, 0.25) is 0 Å². The van der Waals surface area contributed by atoms with Crippen LogP contribution in [0, 0.1) is 31.1 Å². The van der Waals surface area contributed by atoms with Crippen LogP contribution >= 0.6 is 15.9 Å². The second kappa shape index (κ2) is 5.10. The molecular weight excluding hydrogens is 276 g/mol. The van der Waals surface area contributed by atoms with Gasteiger partial charge in [-0.05, 0) is 56.4 Å². The Kier molecular flexibility index (Phi) is 3.73. The van der Waals surface area contributed by atoms with E-state index in [1.165, 1.54) is 16.8 Å². The summed E-state index contributed by atoms with van der Waals surface area (Å²) in [5, 5.41) is 12.7. The summed E-state index contributed by atoms with van der Waals surface area (Å²) in [7, 11) is 0. The smallest absolute Gasteiger partial charge is 0.0677 e. The first-order valence-electron chi connectivity index (χ1n) is 6.04. The summed E-state index contributed by atoms with van der Waals surface area (Å²) in [5.74, 6) is 0.164. The van der Waals surface area contributed by atoms with Crippen molar-refractivity contribution in [2.24, 2.45) is 5.92 Å². The minimum atomic E-state index is 0.164. The van der Waals surface area contributed by atoms with Gasteiger partial charge in [-0.3, -0.25) is 0 Å². The monoisotopic (exact) mass is 292 g/mol. The lowest BCUT2D eigenvalue weighted by atomic mass is 10.0. The maximum atomic E-state index is 9.10. The number of rotatable bonds is 2. The molecule has 0 bridgehead atoms. The zero-order valence-electron chi connectivity index (χ0n) is 10.3. The molecule has 1 aromatic rings. The number of aryl methyl sites for hydroxylation is 2. The predicted octanol–water partition coefficient (Wildman–Crippen LogP) is 4.17. The second-order valence-corrected chi connectivity index (χ2v) is 5.75. The first-order chi connectivity index (χ1) is 8.11. The molecule has 0 radical (unpaired) electrons. The summed E-state index contributed by atoms with van der Waals surface area (Å²) in [6, 6.07) is 6.96. The Bertz CT molecular complexity index is 439. The number of nitrogens with one attached hydrogen (secondary N) is 1. The van der Waals surface area contributed by atoms with Crippen molar-refractivity contribution in [3.05, 3.63) is 27.7 Å². The lowest BCUT2D eigenvalue weighted by molar-refractivity contribution is 0.629. The molecule has 0 heterocycles. The number of hydrogen-bond donors (Lipinski definition) is 1. The van der Waals surface area contributed by atoms with E-state index in [2.05, 4.69) is 53.3 Å². The molecule has 1 fully saturated rings. The average Bonchev–Trinajstić information content (AvgIpc) is 2.70. The first-order valence-corrected chi connectivity index (χ1v) is 6.84. The standard InChI is InChI=1S/C14H17BrN2/c1-9-6-12(15)7-10(2)14(9)17-13-5-3-4-11(13)8-16/h6-7,11,13,17H,3-5H2,1-2H3. The van der Waals surface area contributed by atoms with Crippen LogP contribution in [0.25, 0.3) is 0 Å². The van der Waals surface area contributed by atoms with Gasteiger partial charge in [0.2, 0.25) is 0 Å². The lowest BCUT2D eigenvalue weighted by Crippen LogP contribution is -2.23. The van der Waals surface area contributed by atoms with Gasteiger partial charge in [-0.1, -0.05) is 15.9 Å². The van der Waals surface area contributed by atoms with E-state index >= 15 is 0 Å². The van der Waals surface area contributed by atoms with Crippen LogP contribution in [0.4, 0.5) is 5.69 Å². The number of anilines is 1. The van der Waals surface area contributed by atoms with Crippen LogP contribution < -0.4 is 5.32 Å². The number of halogens is 1. The zero-order chi connectivity index (χ0) is 12.4. The molecule has 2 atom stereocenters. The van der Waals surface area contributed by atoms with Crippen LogP contribution in [-0.2, 0) is 0 Å². The van der Waals surface area contributed by atoms with Gasteiger partial charge in [0.25, 0.3) is 0 Å². The van der Waals surface area contributed by atoms with Gasteiger partial charge in [-0.2, -0.15) is 5.26 Å². The molecule has 17 heavy (non-hydrogen) atoms. The second-order valence-electron chi connectivity index (χ2n) is 4.83. The Morgan fingerprint density at radius 3 is 2.53 bits per heavy atom. The molecule has 0 amide bonds. The Morgan fingerprint density at radius 1 is 1.29 bits per heavy atom. The van der Waals surface area contributed by atoms with Crippen LogP contribution in [-0.4, -0.2) is 6.04 Å². The van der Waals surface area contributed by atoms with Gasteiger partial charge in [0.15, 0.2) is 0 Å². The van der Waals surface area contributed by atoms with E-state index in [1.54, 1.807) is 0 Å². The highest BCUT2D eigenvalue weighted by atomic mass is 79.9.